The summed E-state index contributed by atoms with van der Waals surface area (Å²) >= 11 is 7.53. The quantitative estimate of drug-likeness (QED) is 0.763. The molecule has 1 aromatic rings. The second-order valence-corrected chi connectivity index (χ2v) is 4.90. The molecule has 0 radical (unpaired) electrons. The van der Waals surface area contributed by atoms with E-state index < -0.39 is 0 Å². The van der Waals surface area contributed by atoms with Crippen LogP contribution in [0.2, 0.25) is 0 Å². The lowest BCUT2D eigenvalue weighted by Crippen LogP contribution is -2.28. The van der Waals surface area contributed by atoms with E-state index in [1.165, 1.54) is 0 Å². The molecule has 1 rings (SSSR count). The van der Waals surface area contributed by atoms with Crippen molar-refractivity contribution in [3.8, 4) is 0 Å². The summed E-state index contributed by atoms with van der Waals surface area (Å²) in [4.78, 5) is 11.5. The highest BCUT2D eigenvalue weighted by atomic mass is 35.5. The number of thiophene rings is 1. The fraction of sp³-hybridized carbons (Fsp3) is 0.545. The molecule has 0 aliphatic rings. The van der Waals surface area contributed by atoms with Crippen molar-refractivity contribution in [2.75, 3.05) is 20.3 Å². The van der Waals surface area contributed by atoms with Crippen molar-refractivity contribution in [2.24, 2.45) is 0 Å². The maximum Gasteiger partial charge on any atom is 0.224 e. The molecule has 0 spiro atoms. The van der Waals surface area contributed by atoms with Gasteiger partial charge in [0.15, 0.2) is 0 Å². The predicted octanol–water partition coefficient (Wildman–Crippen LogP) is 2.05. The standard InChI is InChI=1S/C11H16ClNO2S/c1-15-7-10(12)2-4-13-11(14)6-9-3-5-16-8-9/h3,5,8,10H,2,4,6-7H2,1H3,(H,13,14). The zero-order valence-electron chi connectivity index (χ0n) is 9.24. The van der Waals surface area contributed by atoms with Gasteiger partial charge < -0.3 is 10.1 Å². The highest BCUT2D eigenvalue weighted by Crippen LogP contribution is 2.06. The van der Waals surface area contributed by atoms with Gasteiger partial charge in [-0.15, -0.1) is 11.6 Å². The van der Waals surface area contributed by atoms with Crippen molar-refractivity contribution in [2.45, 2.75) is 18.2 Å². The summed E-state index contributed by atoms with van der Waals surface area (Å²) in [5.74, 6) is 0.0414. The fourth-order valence-electron chi connectivity index (χ4n) is 1.27. The Kier molecular flexibility index (Phi) is 6.45. The minimum absolute atomic E-state index is 0.0357. The average molecular weight is 262 g/mol. The molecule has 1 N–H and O–H groups in total. The molecule has 90 valence electrons. The van der Waals surface area contributed by atoms with Crippen LogP contribution in [0.15, 0.2) is 16.8 Å². The largest absolute Gasteiger partial charge is 0.383 e. The third kappa shape index (κ3) is 5.49. The van der Waals surface area contributed by atoms with E-state index in [-0.39, 0.29) is 11.3 Å². The lowest BCUT2D eigenvalue weighted by Gasteiger charge is -2.08. The highest BCUT2D eigenvalue weighted by molar-refractivity contribution is 7.07. The molecule has 1 unspecified atom stereocenters. The van der Waals surface area contributed by atoms with Gasteiger partial charge in [-0.1, -0.05) is 0 Å². The predicted molar refractivity (Wildman–Crippen MR) is 67.2 cm³/mol. The van der Waals surface area contributed by atoms with Gasteiger partial charge in [-0.3, -0.25) is 4.79 Å². The number of amides is 1. The van der Waals surface area contributed by atoms with E-state index in [0.29, 0.717) is 19.6 Å². The van der Waals surface area contributed by atoms with Gasteiger partial charge in [0.2, 0.25) is 5.91 Å². The molecule has 3 nitrogen and oxygen atoms in total. The van der Waals surface area contributed by atoms with Gasteiger partial charge in [0.25, 0.3) is 0 Å². The van der Waals surface area contributed by atoms with Crippen LogP contribution in [0.4, 0.5) is 0 Å². The Hall–Kier alpha value is -0.580. The number of alkyl halides is 1. The summed E-state index contributed by atoms with van der Waals surface area (Å²) in [6.07, 6.45) is 1.17. The number of ether oxygens (including phenoxy) is 1. The molecule has 1 heterocycles. The molecule has 5 heteroatoms. The molecule has 1 aromatic heterocycles. The zero-order chi connectivity index (χ0) is 11.8. The van der Waals surface area contributed by atoms with Gasteiger partial charge in [-0.25, -0.2) is 0 Å². The summed E-state index contributed by atoms with van der Waals surface area (Å²) in [7, 11) is 1.62. The number of carbonyl (C=O) groups is 1. The van der Waals surface area contributed by atoms with Gasteiger partial charge in [0.1, 0.15) is 0 Å². The number of nitrogens with one attached hydrogen (secondary N) is 1. The van der Waals surface area contributed by atoms with Gasteiger partial charge >= 0.3 is 0 Å². The first kappa shape index (κ1) is 13.5. The second kappa shape index (κ2) is 7.65. The van der Waals surface area contributed by atoms with Crippen LogP contribution in [0.5, 0.6) is 0 Å². The van der Waals surface area contributed by atoms with Crippen LogP contribution in [-0.4, -0.2) is 31.5 Å². The summed E-state index contributed by atoms with van der Waals surface area (Å²) in [5.41, 5.74) is 1.06. The third-order valence-corrected chi connectivity index (χ3v) is 3.15. The molecule has 1 atom stereocenters. The molecule has 0 bridgehead atoms. The summed E-state index contributed by atoms with van der Waals surface area (Å²) in [6, 6.07) is 1.96. The van der Waals surface area contributed by atoms with Crippen LogP contribution in [0.25, 0.3) is 0 Å². The second-order valence-electron chi connectivity index (χ2n) is 3.50. The number of hydrogen-bond acceptors (Lipinski definition) is 3. The molecule has 0 aliphatic carbocycles. The molecular formula is C11H16ClNO2S. The van der Waals surface area contributed by atoms with Gasteiger partial charge in [-0.05, 0) is 28.8 Å². The Balaban J connectivity index is 2.11. The molecule has 1 amide bonds. The van der Waals surface area contributed by atoms with E-state index in [9.17, 15) is 4.79 Å². The van der Waals surface area contributed by atoms with Crippen LogP contribution < -0.4 is 5.32 Å². The summed E-state index contributed by atoms with van der Waals surface area (Å²) in [6.45, 7) is 1.11. The molecule has 0 aliphatic heterocycles. The maximum atomic E-state index is 11.5. The molecule has 16 heavy (non-hydrogen) atoms. The summed E-state index contributed by atoms with van der Waals surface area (Å²) in [5, 5.41) is 6.75. The van der Waals surface area contributed by atoms with Crippen molar-refractivity contribution >= 4 is 28.8 Å². The minimum atomic E-state index is -0.0357. The number of carbonyl (C=O) groups excluding carboxylic acids is 1. The first-order valence-corrected chi connectivity index (χ1v) is 6.51. The van der Waals surface area contributed by atoms with Gasteiger partial charge in [0, 0.05) is 13.7 Å². The first-order chi connectivity index (χ1) is 7.72. The summed E-state index contributed by atoms with van der Waals surface area (Å²) < 4.78 is 4.90. The van der Waals surface area contributed by atoms with E-state index in [1.54, 1.807) is 18.4 Å². The number of hydrogen-bond donors (Lipinski definition) is 1. The molecule has 0 saturated heterocycles. The van der Waals surface area contributed by atoms with E-state index in [1.807, 2.05) is 16.8 Å². The van der Waals surface area contributed by atoms with Crippen LogP contribution in [0.1, 0.15) is 12.0 Å². The van der Waals surface area contributed by atoms with E-state index >= 15 is 0 Å². The normalized spacial score (nSPS) is 12.4. The van der Waals surface area contributed by atoms with Crippen LogP contribution in [0, 0.1) is 0 Å². The molecule has 0 fully saturated rings. The van der Waals surface area contributed by atoms with Crippen LogP contribution in [0.3, 0.4) is 0 Å². The topological polar surface area (TPSA) is 38.3 Å². The number of halogens is 1. The SMILES string of the molecule is COCC(Cl)CCNC(=O)Cc1ccsc1. The molecule has 0 saturated carbocycles. The minimum Gasteiger partial charge on any atom is -0.383 e. The monoisotopic (exact) mass is 261 g/mol. The Morgan fingerprint density at radius 2 is 2.50 bits per heavy atom. The Morgan fingerprint density at radius 3 is 3.12 bits per heavy atom. The van der Waals surface area contributed by atoms with E-state index in [0.717, 1.165) is 12.0 Å². The van der Waals surface area contributed by atoms with E-state index in [4.69, 9.17) is 16.3 Å². The first-order valence-electron chi connectivity index (χ1n) is 5.13. The zero-order valence-corrected chi connectivity index (χ0v) is 10.8. The fourth-order valence-corrected chi connectivity index (χ4v) is 2.18. The van der Waals surface area contributed by atoms with Crippen molar-refractivity contribution in [1.82, 2.24) is 5.32 Å². The van der Waals surface area contributed by atoms with Crippen LogP contribution >= 0.6 is 22.9 Å². The van der Waals surface area contributed by atoms with Crippen molar-refractivity contribution in [3.63, 3.8) is 0 Å². The smallest absolute Gasteiger partial charge is 0.224 e. The highest BCUT2D eigenvalue weighted by Gasteiger charge is 2.06. The Labute approximate surface area is 105 Å². The number of rotatable bonds is 7. The number of methoxy groups -OCH3 is 1. The van der Waals surface area contributed by atoms with Gasteiger partial charge in [-0.2, -0.15) is 11.3 Å². The maximum absolute atomic E-state index is 11.5. The van der Waals surface area contributed by atoms with Crippen molar-refractivity contribution in [3.05, 3.63) is 22.4 Å². The van der Waals surface area contributed by atoms with Crippen molar-refractivity contribution < 1.29 is 9.53 Å². The Morgan fingerprint density at radius 1 is 1.69 bits per heavy atom. The molecule has 0 aromatic carbocycles. The third-order valence-electron chi connectivity index (χ3n) is 2.07. The Bertz CT molecular complexity index is 303. The van der Waals surface area contributed by atoms with Gasteiger partial charge in [0.05, 0.1) is 18.4 Å². The van der Waals surface area contributed by atoms with E-state index in [2.05, 4.69) is 5.32 Å². The van der Waals surface area contributed by atoms with Crippen molar-refractivity contribution in [1.29, 1.82) is 0 Å². The lowest BCUT2D eigenvalue weighted by molar-refractivity contribution is -0.120. The molecular weight excluding hydrogens is 246 g/mol. The lowest BCUT2D eigenvalue weighted by atomic mass is 10.2. The van der Waals surface area contributed by atoms with Crippen LogP contribution in [-0.2, 0) is 16.0 Å². The average Bonchev–Trinajstić information content (AvgIpc) is 2.70.